The minimum absolute atomic E-state index is 0.0472. The first kappa shape index (κ1) is 15.9. The number of benzene rings is 1. The van der Waals surface area contributed by atoms with E-state index in [0.717, 1.165) is 0 Å². The molecule has 1 aromatic rings. The summed E-state index contributed by atoms with van der Waals surface area (Å²) in [5, 5.41) is 7.80. The topological polar surface area (TPSA) is 125 Å². The summed E-state index contributed by atoms with van der Waals surface area (Å²) < 4.78 is 27.9. The predicted octanol–water partition coefficient (Wildman–Crippen LogP) is 0.0280. The number of sulfonamides is 1. The summed E-state index contributed by atoms with van der Waals surface area (Å²) in [6.45, 7) is 1.20. The molecule has 1 amide bonds. The van der Waals surface area contributed by atoms with Crippen LogP contribution in [0.25, 0.3) is 0 Å². The second-order valence-electron chi connectivity index (χ2n) is 5.12. The number of hydrogen-bond acceptors (Lipinski definition) is 5. The molecule has 21 heavy (non-hydrogen) atoms. The van der Waals surface area contributed by atoms with Crippen LogP contribution >= 0.6 is 0 Å². The average molecular weight is 313 g/mol. The van der Waals surface area contributed by atoms with Gasteiger partial charge in [0.25, 0.3) is 0 Å². The van der Waals surface area contributed by atoms with Crippen LogP contribution in [-0.2, 0) is 19.6 Å². The molecule has 0 spiro atoms. The molecule has 1 aliphatic heterocycles. The van der Waals surface area contributed by atoms with Gasteiger partial charge in [-0.2, -0.15) is 0 Å². The van der Waals surface area contributed by atoms with Gasteiger partial charge in [0.15, 0.2) is 0 Å². The predicted molar refractivity (Wildman–Crippen MR) is 78.0 cm³/mol. The minimum Gasteiger partial charge on any atom is -0.381 e. The van der Waals surface area contributed by atoms with Crippen molar-refractivity contribution in [3.05, 3.63) is 24.3 Å². The lowest BCUT2D eigenvalue weighted by molar-refractivity contribution is -0.130. The number of ether oxygens (including phenoxy) is 1. The molecule has 1 heterocycles. The molecule has 0 aliphatic carbocycles. The van der Waals surface area contributed by atoms with Crippen LogP contribution in [0.5, 0.6) is 0 Å². The Morgan fingerprint density at radius 1 is 1.33 bits per heavy atom. The number of hydrogen-bond donors (Lipinski definition) is 3. The van der Waals surface area contributed by atoms with Gasteiger partial charge in [-0.05, 0) is 31.0 Å². The van der Waals surface area contributed by atoms with Crippen LogP contribution in [-0.4, -0.2) is 34.1 Å². The van der Waals surface area contributed by atoms with Gasteiger partial charge in [0.05, 0.1) is 10.3 Å². The molecule has 5 N–H and O–H groups in total. The standard InChI is InChI=1S/C13H19N3O4S/c14-9-13(4-6-20-7-5-13)12(17)16-10-2-1-3-11(8-10)21(15,18)19/h1-3,8H,4-7,9,14H2,(H,16,17)(H2,15,18,19). The van der Waals surface area contributed by atoms with Crippen molar-refractivity contribution < 1.29 is 17.9 Å². The molecule has 1 fully saturated rings. The molecule has 0 aromatic heterocycles. The largest absolute Gasteiger partial charge is 0.381 e. The summed E-state index contributed by atoms with van der Waals surface area (Å²) in [7, 11) is -3.80. The number of anilines is 1. The molecule has 2 rings (SSSR count). The Kier molecular flexibility index (Phi) is 4.62. The smallest absolute Gasteiger partial charge is 0.238 e. The Labute approximate surface area is 123 Å². The van der Waals surface area contributed by atoms with Crippen LogP contribution in [0, 0.1) is 5.41 Å². The zero-order valence-corrected chi connectivity index (χ0v) is 12.4. The first-order valence-electron chi connectivity index (χ1n) is 6.59. The van der Waals surface area contributed by atoms with Crippen molar-refractivity contribution in [3.63, 3.8) is 0 Å². The van der Waals surface area contributed by atoms with Crippen LogP contribution in [0.2, 0.25) is 0 Å². The molecule has 8 heteroatoms. The highest BCUT2D eigenvalue weighted by atomic mass is 32.2. The highest BCUT2D eigenvalue weighted by Crippen LogP contribution is 2.31. The van der Waals surface area contributed by atoms with Gasteiger partial charge in [0.2, 0.25) is 15.9 Å². The first-order chi connectivity index (χ1) is 9.87. The van der Waals surface area contributed by atoms with Crippen LogP contribution in [0.4, 0.5) is 5.69 Å². The van der Waals surface area contributed by atoms with Crippen LogP contribution < -0.4 is 16.2 Å². The van der Waals surface area contributed by atoms with E-state index in [0.29, 0.717) is 31.7 Å². The van der Waals surface area contributed by atoms with E-state index in [2.05, 4.69) is 5.32 Å². The third kappa shape index (κ3) is 3.59. The average Bonchev–Trinajstić information content (AvgIpc) is 2.47. The highest BCUT2D eigenvalue weighted by Gasteiger charge is 2.38. The number of rotatable bonds is 4. The molecule has 0 saturated carbocycles. The Hall–Kier alpha value is -1.48. The molecule has 0 unspecified atom stereocenters. The lowest BCUT2D eigenvalue weighted by Gasteiger charge is -2.34. The third-order valence-corrected chi connectivity index (χ3v) is 4.65. The number of nitrogens with one attached hydrogen (secondary N) is 1. The summed E-state index contributed by atoms with van der Waals surface area (Å²) in [5.74, 6) is -0.222. The number of amides is 1. The highest BCUT2D eigenvalue weighted by molar-refractivity contribution is 7.89. The molecule has 1 saturated heterocycles. The van der Waals surface area contributed by atoms with Gasteiger partial charge in [-0.1, -0.05) is 6.07 Å². The van der Waals surface area contributed by atoms with Gasteiger partial charge < -0.3 is 15.8 Å². The van der Waals surface area contributed by atoms with Crippen molar-refractivity contribution in [1.82, 2.24) is 0 Å². The zero-order valence-electron chi connectivity index (χ0n) is 11.5. The molecule has 0 bridgehead atoms. The summed E-state index contributed by atoms with van der Waals surface area (Å²) in [6.07, 6.45) is 1.09. The van der Waals surface area contributed by atoms with E-state index >= 15 is 0 Å². The maximum absolute atomic E-state index is 12.5. The molecule has 7 nitrogen and oxygen atoms in total. The van der Waals surface area contributed by atoms with Crippen molar-refractivity contribution in [2.45, 2.75) is 17.7 Å². The SMILES string of the molecule is NCC1(C(=O)Nc2cccc(S(N)(=O)=O)c2)CCOCC1. The van der Waals surface area contributed by atoms with E-state index < -0.39 is 15.4 Å². The second kappa shape index (κ2) is 6.10. The molecular formula is C13H19N3O4S. The first-order valence-corrected chi connectivity index (χ1v) is 8.14. The molecule has 1 aromatic carbocycles. The van der Waals surface area contributed by atoms with E-state index in [-0.39, 0.29) is 17.3 Å². The zero-order chi connectivity index (χ0) is 15.5. The number of carbonyl (C=O) groups is 1. The Morgan fingerprint density at radius 3 is 2.57 bits per heavy atom. The van der Waals surface area contributed by atoms with Crippen molar-refractivity contribution >= 4 is 21.6 Å². The number of primary sulfonamides is 1. The Balaban J connectivity index is 2.19. The van der Waals surface area contributed by atoms with Gasteiger partial charge in [0, 0.05) is 25.4 Å². The van der Waals surface area contributed by atoms with Gasteiger partial charge in [-0.15, -0.1) is 0 Å². The molecule has 1 aliphatic rings. The van der Waals surface area contributed by atoms with Crippen molar-refractivity contribution in [2.75, 3.05) is 25.1 Å². The summed E-state index contributed by atoms with van der Waals surface area (Å²) >= 11 is 0. The number of carbonyl (C=O) groups excluding carboxylic acids is 1. The van der Waals surface area contributed by atoms with Crippen LogP contribution in [0.1, 0.15) is 12.8 Å². The minimum atomic E-state index is -3.80. The van der Waals surface area contributed by atoms with E-state index in [1.165, 1.54) is 18.2 Å². The van der Waals surface area contributed by atoms with Crippen LogP contribution in [0.3, 0.4) is 0 Å². The normalized spacial score (nSPS) is 18.2. The lowest BCUT2D eigenvalue weighted by Crippen LogP contribution is -2.46. The Morgan fingerprint density at radius 2 is 2.00 bits per heavy atom. The van der Waals surface area contributed by atoms with E-state index in [1.807, 2.05) is 0 Å². The fourth-order valence-electron chi connectivity index (χ4n) is 2.30. The monoisotopic (exact) mass is 313 g/mol. The van der Waals surface area contributed by atoms with E-state index in [1.54, 1.807) is 6.07 Å². The Bertz CT molecular complexity index is 624. The van der Waals surface area contributed by atoms with Gasteiger partial charge >= 0.3 is 0 Å². The summed E-state index contributed by atoms with van der Waals surface area (Å²) in [4.78, 5) is 12.4. The maximum atomic E-state index is 12.5. The lowest BCUT2D eigenvalue weighted by atomic mass is 9.79. The van der Waals surface area contributed by atoms with Gasteiger partial charge in [0.1, 0.15) is 0 Å². The molecule has 0 atom stereocenters. The number of nitrogens with two attached hydrogens (primary N) is 2. The third-order valence-electron chi connectivity index (χ3n) is 3.74. The van der Waals surface area contributed by atoms with Crippen molar-refractivity contribution in [3.8, 4) is 0 Å². The van der Waals surface area contributed by atoms with Crippen molar-refractivity contribution in [1.29, 1.82) is 0 Å². The molecular weight excluding hydrogens is 294 g/mol. The second-order valence-corrected chi connectivity index (χ2v) is 6.69. The fourth-order valence-corrected chi connectivity index (χ4v) is 2.86. The molecule has 0 radical (unpaired) electrons. The molecule has 116 valence electrons. The summed E-state index contributed by atoms with van der Waals surface area (Å²) in [5.41, 5.74) is 5.47. The van der Waals surface area contributed by atoms with E-state index in [4.69, 9.17) is 15.6 Å². The quantitative estimate of drug-likeness (QED) is 0.723. The fraction of sp³-hybridized carbons (Fsp3) is 0.462. The van der Waals surface area contributed by atoms with E-state index in [9.17, 15) is 13.2 Å². The maximum Gasteiger partial charge on any atom is 0.238 e. The van der Waals surface area contributed by atoms with Crippen molar-refractivity contribution in [2.24, 2.45) is 16.3 Å². The van der Waals surface area contributed by atoms with Gasteiger partial charge in [-0.3, -0.25) is 4.79 Å². The van der Waals surface area contributed by atoms with Gasteiger partial charge in [-0.25, -0.2) is 13.6 Å². The van der Waals surface area contributed by atoms with Crippen LogP contribution in [0.15, 0.2) is 29.2 Å². The summed E-state index contributed by atoms with van der Waals surface area (Å²) in [6, 6.07) is 5.83.